The number of amides is 1. The fourth-order valence-corrected chi connectivity index (χ4v) is 2.00. The van der Waals surface area contributed by atoms with Gasteiger partial charge in [0.15, 0.2) is 0 Å². The second-order valence-corrected chi connectivity index (χ2v) is 4.07. The van der Waals surface area contributed by atoms with Crippen molar-refractivity contribution in [1.82, 2.24) is 10.3 Å². The van der Waals surface area contributed by atoms with Crippen LogP contribution in [0.4, 0.5) is 0 Å². The number of hydrogen-bond acceptors (Lipinski definition) is 4. The molecule has 0 aliphatic heterocycles. The topological polar surface area (TPSA) is 79.3 Å². The quantitative estimate of drug-likeness (QED) is 0.808. The lowest BCUT2D eigenvalue weighted by Gasteiger charge is -2.12. The molecule has 0 spiro atoms. The van der Waals surface area contributed by atoms with Crippen molar-refractivity contribution < 1.29 is 14.7 Å². The van der Waals surface area contributed by atoms with Crippen molar-refractivity contribution in [1.29, 1.82) is 0 Å². The Morgan fingerprint density at radius 1 is 1.67 bits per heavy atom. The van der Waals surface area contributed by atoms with Gasteiger partial charge in [0.25, 0.3) is 0 Å². The Bertz CT molecular complexity index is 359. The van der Waals surface area contributed by atoms with Gasteiger partial charge in [-0.1, -0.05) is 0 Å². The summed E-state index contributed by atoms with van der Waals surface area (Å²) < 4.78 is 0. The van der Waals surface area contributed by atoms with E-state index >= 15 is 0 Å². The Hall–Kier alpha value is -1.43. The zero-order valence-corrected chi connectivity index (χ0v) is 9.30. The van der Waals surface area contributed by atoms with E-state index in [0.717, 1.165) is 5.69 Å². The third-order valence-corrected chi connectivity index (χ3v) is 2.77. The van der Waals surface area contributed by atoms with E-state index in [4.69, 9.17) is 5.11 Å². The van der Waals surface area contributed by atoms with Crippen LogP contribution in [-0.2, 0) is 9.59 Å². The number of nitrogens with one attached hydrogen (secondary N) is 1. The lowest BCUT2D eigenvalue weighted by atomic mass is 10.2. The first-order valence-electron chi connectivity index (χ1n) is 4.40. The van der Waals surface area contributed by atoms with Crippen molar-refractivity contribution >= 4 is 23.2 Å². The van der Waals surface area contributed by atoms with E-state index in [9.17, 15) is 9.59 Å². The van der Waals surface area contributed by atoms with Crippen LogP contribution >= 0.6 is 11.3 Å². The molecule has 2 N–H and O–H groups in total. The normalized spacial score (nSPS) is 12.1. The van der Waals surface area contributed by atoms with E-state index in [1.54, 1.807) is 0 Å². The highest BCUT2D eigenvalue weighted by Crippen LogP contribution is 2.20. The number of aryl methyl sites for hydroxylation is 1. The van der Waals surface area contributed by atoms with Gasteiger partial charge in [-0.2, -0.15) is 0 Å². The maximum atomic E-state index is 10.9. The van der Waals surface area contributed by atoms with Gasteiger partial charge in [-0.25, -0.2) is 4.98 Å². The Morgan fingerprint density at radius 3 is 2.73 bits per heavy atom. The first-order valence-corrected chi connectivity index (χ1v) is 5.28. The van der Waals surface area contributed by atoms with Gasteiger partial charge in [0.05, 0.1) is 12.5 Å². The fourth-order valence-electron chi connectivity index (χ4n) is 1.15. The number of carbonyl (C=O) groups excluding carboxylic acids is 1. The molecule has 0 fully saturated rings. The molecule has 1 amide bonds. The summed E-state index contributed by atoms with van der Waals surface area (Å²) in [5.74, 6) is -1.21. The van der Waals surface area contributed by atoms with Crippen molar-refractivity contribution in [2.45, 2.75) is 26.3 Å². The second-order valence-electron chi connectivity index (χ2n) is 3.18. The van der Waals surface area contributed by atoms with Crippen LogP contribution in [0.2, 0.25) is 0 Å². The summed E-state index contributed by atoms with van der Waals surface area (Å²) in [4.78, 5) is 25.6. The smallest absolute Gasteiger partial charge is 0.305 e. The number of thiazole rings is 1. The van der Waals surface area contributed by atoms with Crippen molar-refractivity contribution in [3.05, 3.63) is 16.1 Å². The molecule has 0 aromatic carbocycles. The van der Waals surface area contributed by atoms with Crippen LogP contribution in [0.1, 0.15) is 30.1 Å². The summed E-state index contributed by atoms with van der Waals surface area (Å²) in [7, 11) is 0. The highest BCUT2D eigenvalue weighted by Gasteiger charge is 2.19. The molecule has 0 radical (unpaired) electrons. The van der Waals surface area contributed by atoms with E-state index in [2.05, 4.69) is 10.3 Å². The Labute approximate surface area is 91.1 Å². The maximum Gasteiger partial charge on any atom is 0.305 e. The minimum atomic E-state index is -0.957. The maximum absolute atomic E-state index is 10.9. The van der Waals surface area contributed by atoms with Crippen LogP contribution in [0.3, 0.4) is 0 Å². The first kappa shape index (κ1) is 11.6. The van der Waals surface area contributed by atoms with Crippen LogP contribution in [-0.4, -0.2) is 22.0 Å². The van der Waals surface area contributed by atoms with Crippen LogP contribution in [0.25, 0.3) is 0 Å². The average Bonchev–Trinajstić information content (AvgIpc) is 2.48. The van der Waals surface area contributed by atoms with Gasteiger partial charge in [0.1, 0.15) is 5.01 Å². The molecule has 6 heteroatoms. The fraction of sp³-hybridized carbons (Fsp3) is 0.444. The van der Waals surface area contributed by atoms with Gasteiger partial charge in [-0.3, -0.25) is 9.59 Å². The minimum absolute atomic E-state index is 0.146. The second kappa shape index (κ2) is 4.88. The summed E-state index contributed by atoms with van der Waals surface area (Å²) in [5, 5.41) is 13.7. The molecule has 0 unspecified atom stereocenters. The van der Waals surface area contributed by atoms with Gasteiger partial charge in [0.2, 0.25) is 5.91 Å². The lowest BCUT2D eigenvalue weighted by molar-refractivity contribution is -0.137. The van der Waals surface area contributed by atoms with Crippen LogP contribution < -0.4 is 5.32 Å². The van der Waals surface area contributed by atoms with Gasteiger partial charge < -0.3 is 10.4 Å². The standard InChI is InChI=1S/C9H12N2O3S/c1-5-4-15-9(10-5)7(3-8(13)14)11-6(2)12/h4,7H,3H2,1-2H3,(H,11,12)(H,13,14)/t7-/m0/s1. The van der Waals surface area contributed by atoms with Crippen molar-refractivity contribution in [2.75, 3.05) is 0 Å². The lowest BCUT2D eigenvalue weighted by Crippen LogP contribution is -2.27. The first-order chi connectivity index (χ1) is 6.99. The zero-order valence-electron chi connectivity index (χ0n) is 8.48. The summed E-state index contributed by atoms with van der Waals surface area (Å²) >= 11 is 1.35. The van der Waals surface area contributed by atoms with Crippen LogP contribution in [0, 0.1) is 6.92 Å². The number of rotatable bonds is 4. The highest BCUT2D eigenvalue weighted by atomic mass is 32.1. The monoisotopic (exact) mass is 228 g/mol. The summed E-state index contributed by atoms with van der Waals surface area (Å²) in [5.41, 5.74) is 0.829. The number of hydrogen-bond donors (Lipinski definition) is 2. The molecule has 0 bridgehead atoms. The molecule has 1 atom stereocenters. The Balaban J connectivity index is 2.80. The molecule has 1 heterocycles. The number of aliphatic carboxylic acids is 1. The van der Waals surface area contributed by atoms with Crippen LogP contribution in [0.15, 0.2) is 5.38 Å². The number of carboxylic acids is 1. The molecule has 1 rings (SSSR count). The summed E-state index contributed by atoms with van der Waals surface area (Å²) in [6, 6.07) is -0.529. The average molecular weight is 228 g/mol. The number of carboxylic acid groups (broad SMARTS) is 1. The summed E-state index contributed by atoms with van der Waals surface area (Å²) in [6.07, 6.45) is -0.146. The van der Waals surface area contributed by atoms with Crippen molar-refractivity contribution in [2.24, 2.45) is 0 Å². The zero-order chi connectivity index (χ0) is 11.4. The molecular formula is C9H12N2O3S. The van der Waals surface area contributed by atoms with E-state index < -0.39 is 12.0 Å². The number of nitrogens with zero attached hydrogens (tertiary/aromatic N) is 1. The van der Waals surface area contributed by atoms with E-state index in [0.29, 0.717) is 5.01 Å². The number of aromatic nitrogens is 1. The Morgan fingerprint density at radius 2 is 2.33 bits per heavy atom. The largest absolute Gasteiger partial charge is 0.481 e. The minimum Gasteiger partial charge on any atom is -0.481 e. The van der Waals surface area contributed by atoms with Crippen molar-refractivity contribution in [3.8, 4) is 0 Å². The predicted molar refractivity (Wildman–Crippen MR) is 55.7 cm³/mol. The SMILES string of the molecule is CC(=O)N[C@@H](CC(=O)O)c1nc(C)cs1. The Kier molecular flexibility index (Phi) is 3.79. The van der Waals surface area contributed by atoms with E-state index in [1.807, 2.05) is 12.3 Å². The van der Waals surface area contributed by atoms with Gasteiger partial charge in [-0.05, 0) is 6.92 Å². The molecule has 5 nitrogen and oxygen atoms in total. The molecule has 1 aromatic rings. The highest BCUT2D eigenvalue weighted by molar-refractivity contribution is 7.09. The molecule has 15 heavy (non-hydrogen) atoms. The van der Waals surface area contributed by atoms with Crippen LogP contribution in [0.5, 0.6) is 0 Å². The molecule has 0 aliphatic rings. The molecule has 82 valence electrons. The van der Waals surface area contributed by atoms with Crippen molar-refractivity contribution in [3.63, 3.8) is 0 Å². The third kappa shape index (κ3) is 3.67. The molecule has 0 aliphatic carbocycles. The number of carbonyl (C=O) groups is 2. The molecule has 0 saturated heterocycles. The molecule has 1 aromatic heterocycles. The van der Waals surface area contributed by atoms with Gasteiger partial charge >= 0.3 is 5.97 Å². The summed E-state index contributed by atoms with van der Waals surface area (Å²) in [6.45, 7) is 3.18. The molecular weight excluding hydrogens is 216 g/mol. The third-order valence-electron chi connectivity index (χ3n) is 1.69. The van der Waals surface area contributed by atoms with Gasteiger partial charge in [-0.15, -0.1) is 11.3 Å². The van der Waals surface area contributed by atoms with Gasteiger partial charge in [0, 0.05) is 18.0 Å². The molecule has 0 saturated carbocycles. The van der Waals surface area contributed by atoms with E-state index in [1.165, 1.54) is 18.3 Å². The van der Waals surface area contributed by atoms with E-state index in [-0.39, 0.29) is 12.3 Å². The predicted octanol–water partition coefficient (Wildman–Crippen LogP) is 1.10.